The van der Waals surface area contributed by atoms with Gasteiger partial charge >= 0.3 is 0 Å². The largest absolute Gasteiger partial charge is 0.287 e. The Kier molecular flexibility index (Phi) is 3.10. The monoisotopic (exact) mass is 255 g/mol. The normalized spacial score (nSPS) is 10.4. The maximum atomic E-state index is 13.3. The predicted octanol–water partition coefficient (Wildman–Crippen LogP) is 2.87. The number of carbonyl (C=O) groups excluding carboxylic acids is 1. The molecular weight excluding hydrogens is 250 g/mol. The van der Waals surface area contributed by atoms with Gasteiger partial charge in [0.05, 0.1) is 5.56 Å². The van der Waals surface area contributed by atoms with Gasteiger partial charge in [-0.1, -0.05) is 0 Å². The van der Waals surface area contributed by atoms with Crippen molar-refractivity contribution in [3.05, 3.63) is 65.0 Å². The number of benzene rings is 1. The molecule has 6 heteroatoms. The fourth-order valence-corrected chi connectivity index (χ4v) is 1.38. The molecule has 2 nitrogen and oxygen atoms in total. The molecular formula is C12H5F4NO. The number of hydrogen-bond acceptors (Lipinski definition) is 2. The molecule has 92 valence electrons. The molecule has 0 bridgehead atoms. The maximum absolute atomic E-state index is 13.3. The van der Waals surface area contributed by atoms with Crippen molar-refractivity contribution in [2.75, 3.05) is 0 Å². The van der Waals surface area contributed by atoms with Crippen molar-refractivity contribution >= 4 is 5.78 Å². The van der Waals surface area contributed by atoms with E-state index in [1.165, 1.54) is 6.07 Å². The van der Waals surface area contributed by atoms with Crippen molar-refractivity contribution in [3.8, 4) is 0 Å². The molecule has 0 saturated heterocycles. The molecule has 0 spiro atoms. The first kappa shape index (κ1) is 12.2. The van der Waals surface area contributed by atoms with E-state index in [0.29, 0.717) is 6.07 Å². The minimum Gasteiger partial charge on any atom is -0.287 e. The molecule has 2 rings (SSSR count). The standard InChI is InChI=1S/C12H5F4NO/c13-7-4-3-6(9(15)10(7)16)12(18)11-8(14)2-1-5-17-11/h1-5H. The highest BCUT2D eigenvalue weighted by Crippen LogP contribution is 2.18. The fraction of sp³-hybridized carbons (Fsp3) is 0. The Morgan fingerprint density at radius 2 is 1.67 bits per heavy atom. The Morgan fingerprint density at radius 3 is 2.33 bits per heavy atom. The van der Waals surface area contributed by atoms with Crippen LogP contribution < -0.4 is 0 Å². The third-order valence-corrected chi connectivity index (χ3v) is 2.25. The van der Waals surface area contributed by atoms with Crippen molar-refractivity contribution < 1.29 is 22.4 Å². The zero-order chi connectivity index (χ0) is 13.3. The minimum atomic E-state index is -1.78. The summed E-state index contributed by atoms with van der Waals surface area (Å²) in [4.78, 5) is 15.2. The van der Waals surface area contributed by atoms with Crippen LogP contribution in [0, 0.1) is 23.3 Å². The van der Waals surface area contributed by atoms with E-state index in [2.05, 4.69) is 4.98 Å². The molecule has 1 aromatic heterocycles. The lowest BCUT2D eigenvalue weighted by atomic mass is 10.1. The molecule has 18 heavy (non-hydrogen) atoms. The van der Waals surface area contributed by atoms with E-state index in [1.807, 2.05) is 0 Å². The van der Waals surface area contributed by atoms with Crippen LogP contribution in [0.25, 0.3) is 0 Å². The van der Waals surface area contributed by atoms with Crippen molar-refractivity contribution in [2.45, 2.75) is 0 Å². The molecule has 1 aromatic carbocycles. The van der Waals surface area contributed by atoms with Crippen molar-refractivity contribution in [2.24, 2.45) is 0 Å². The van der Waals surface area contributed by atoms with Crippen molar-refractivity contribution in [1.29, 1.82) is 0 Å². The molecule has 0 N–H and O–H groups in total. The first-order chi connectivity index (χ1) is 8.52. The summed E-state index contributed by atoms with van der Waals surface area (Å²) in [5.74, 6) is -6.98. The van der Waals surface area contributed by atoms with Crippen LogP contribution in [0.2, 0.25) is 0 Å². The second kappa shape index (κ2) is 4.56. The Morgan fingerprint density at radius 1 is 0.944 bits per heavy atom. The van der Waals surface area contributed by atoms with Gasteiger partial charge in [0, 0.05) is 6.20 Å². The zero-order valence-electron chi connectivity index (χ0n) is 8.75. The van der Waals surface area contributed by atoms with Gasteiger partial charge in [0.1, 0.15) is 5.69 Å². The van der Waals surface area contributed by atoms with Crippen LogP contribution in [0.5, 0.6) is 0 Å². The number of ketones is 1. The molecule has 0 atom stereocenters. The summed E-state index contributed by atoms with van der Waals surface area (Å²) in [7, 11) is 0. The van der Waals surface area contributed by atoms with Gasteiger partial charge in [-0.05, 0) is 24.3 Å². The third kappa shape index (κ3) is 1.97. The summed E-state index contributed by atoms with van der Waals surface area (Å²) in [6, 6.07) is 3.53. The van der Waals surface area contributed by atoms with Crippen LogP contribution in [0.1, 0.15) is 16.1 Å². The van der Waals surface area contributed by atoms with Crippen LogP contribution >= 0.6 is 0 Å². The van der Waals surface area contributed by atoms with Gasteiger partial charge in [-0.3, -0.25) is 4.79 Å². The van der Waals surface area contributed by atoms with E-state index in [4.69, 9.17) is 0 Å². The number of rotatable bonds is 2. The van der Waals surface area contributed by atoms with Crippen molar-refractivity contribution in [1.82, 2.24) is 4.98 Å². The second-order valence-corrected chi connectivity index (χ2v) is 3.39. The van der Waals surface area contributed by atoms with Gasteiger partial charge in [-0.25, -0.2) is 22.5 Å². The van der Waals surface area contributed by atoms with Gasteiger partial charge in [0.15, 0.2) is 23.3 Å². The first-order valence-electron chi connectivity index (χ1n) is 4.81. The second-order valence-electron chi connectivity index (χ2n) is 3.39. The summed E-state index contributed by atoms with van der Waals surface area (Å²) in [5.41, 5.74) is -1.42. The summed E-state index contributed by atoms with van der Waals surface area (Å²) in [5, 5.41) is 0. The average Bonchev–Trinajstić information content (AvgIpc) is 2.36. The number of halogens is 4. The summed E-state index contributed by atoms with van der Waals surface area (Å²) < 4.78 is 52.2. The van der Waals surface area contributed by atoms with E-state index in [0.717, 1.165) is 18.3 Å². The Labute approximate surface area is 98.9 Å². The van der Waals surface area contributed by atoms with Crippen LogP contribution in [-0.2, 0) is 0 Å². The quantitative estimate of drug-likeness (QED) is 0.469. The first-order valence-corrected chi connectivity index (χ1v) is 4.81. The van der Waals surface area contributed by atoms with Crippen LogP contribution in [0.4, 0.5) is 17.6 Å². The smallest absolute Gasteiger partial charge is 0.217 e. The lowest BCUT2D eigenvalue weighted by molar-refractivity contribution is 0.102. The van der Waals surface area contributed by atoms with Gasteiger partial charge < -0.3 is 0 Å². The number of carbonyl (C=O) groups is 1. The number of aromatic nitrogens is 1. The third-order valence-electron chi connectivity index (χ3n) is 2.25. The molecule has 0 fully saturated rings. The van der Waals surface area contributed by atoms with E-state index in [9.17, 15) is 22.4 Å². The molecule has 0 saturated carbocycles. The van der Waals surface area contributed by atoms with Crippen LogP contribution in [-0.4, -0.2) is 10.8 Å². The topological polar surface area (TPSA) is 30.0 Å². The highest BCUT2D eigenvalue weighted by atomic mass is 19.2. The molecule has 0 radical (unpaired) electrons. The Bertz CT molecular complexity index is 627. The fourth-order valence-electron chi connectivity index (χ4n) is 1.38. The Balaban J connectivity index is 2.54. The number of pyridine rings is 1. The van der Waals surface area contributed by atoms with E-state index < -0.39 is 40.3 Å². The minimum absolute atomic E-state index is 0.590. The van der Waals surface area contributed by atoms with Gasteiger partial charge in [-0.2, -0.15) is 0 Å². The van der Waals surface area contributed by atoms with Crippen LogP contribution in [0.15, 0.2) is 30.5 Å². The number of nitrogens with zero attached hydrogens (tertiary/aromatic N) is 1. The molecule has 0 unspecified atom stereocenters. The zero-order valence-corrected chi connectivity index (χ0v) is 8.75. The summed E-state index contributed by atoms with van der Waals surface area (Å²) >= 11 is 0. The molecule has 0 aliphatic carbocycles. The predicted molar refractivity (Wildman–Crippen MR) is 53.9 cm³/mol. The molecule has 0 aliphatic heterocycles. The Hall–Kier alpha value is -2.24. The lowest BCUT2D eigenvalue weighted by Crippen LogP contribution is -2.10. The average molecular weight is 255 g/mol. The highest BCUT2D eigenvalue weighted by Gasteiger charge is 2.22. The highest BCUT2D eigenvalue weighted by molar-refractivity contribution is 6.08. The molecule has 1 heterocycles. The SMILES string of the molecule is O=C(c1ccc(F)c(F)c1F)c1ncccc1F. The molecule has 0 amide bonds. The van der Waals surface area contributed by atoms with Gasteiger partial charge in [0.25, 0.3) is 0 Å². The molecule has 2 aromatic rings. The lowest BCUT2D eigenvalue weighted by Gasteiger charge is -2.04. The van der Waals surface area contributed by atoms with Crippen molar-refractivity contribution in [3.63, 3.8) is 0 Å². The van der Waals surface area contributed by atoms with E-state index in [1.54, 1.807) is 0 Å². The maximum Gasteiger partial charge on any atom is 0.217 e. The van der Waals surface area contributed by atoms with Gasteiger partial charge in [0.2, 0.25) is 5.78 Å². The molecule has 0 aliphatic rings. The van der Waals surface area contributed by atoms with E-state index in [-0.39, 0.29) is 0 Å². The summed E-state index contributed by atoms with van der Waals surface area (Å²) in [6.07, 6.45) is 1.13. The van der Waals surface area contributed by atoms with E-state index >= 15 is 0 Å². The van der Waals surface area contributed by atoms with Crippen LogP contribution in [0.3, 0.4) is 0 Å². The summed E-state index contributed by atoms with van der Waals surface area (Å²) in [6.45, 7) is 0. The number of hydrogen-bond donors (Lipinski definition) is 0. The van der Waals surface area contributed by atoms with Gasteiger partial charge in [-0.15, -0.1) is 0 Å².